The molecule has 2 aliphatic rings. The number of hydrogen-bond donors (Lipinski definition) is 1. The van der Waals surface area contributed by atoms with Crippen molar-refractivity contribution in [1.29, 1.82) is 0 Å². The molecule has 1 N–H and O–H groups in total. The summed E-state index contributed by atoms with van der Waals surface area (Å²) in [5.74, 6) is -1.08. The van der Waals surface area contributed by atoms with Gasteiger partial charge in [-0.25, -0.2) is 0 Å². The Hall–Kier alpha value is -0.590. The molecule has 0 amide bonds. The molecule has 2 aliphatic heterocycles. The van der Waals surface area contributed by atoms with Crippen molar-refractivity contribution in [3.63, 3.8) is 0 Å². The molecule has 6 heteroatoms. The minimum atomic E-state index is -4.28. The zero-order valence-electron chi connectivity index (χ0n) is 10.3. The molecule has 0 radical (unpaired) electrons. The summed E-state index contributed by atoms with van der Waals surface area (Å²) in [4.78, 5) is 0. The molecule has 2 fully saturated rings. The number of hydrogen-bond acceptors (Lipinski definition) is 3. The second-order valence-electron chi connectivity index (χ2n) is 4.76. The van der Waals surface area contributed by atoms with Gasteiger partial charge in [0, 0.05) is 18.9 Å². The summed E-state index contributed by atoms with van der Waals surface area (Å²) in [6.07, 6.45) is 0.167. The Bertz CT molecular complexity index is 311. The van der Waals surface area contributed by atoms with Crippen LogP contribution in [0.1, 0.15) is 26.2 Å². The highest BCUT2D eigenvalue weighted by atomic mass is 19.4. The second-order valence-corrected chi connectivity index (χ2v) is 4.76. The summed E-state index contributed by atoms with van der Waals surface area (Å²) in [6, 6.07) is -1.95. The largest absolute Gasteiger partial charge is 0.404 e. The molecule has 0 aromatic carbocycles. The lowest BCUT2D eigenvalue weighted by molar-refractivity contribution is -0.300. The monoisotopic (exact) mass is 265 g/mol. The van der Waals surface area contributed by atoms with Gasteiger partial charge < -0.3 is 9.47 Å². The summed E-state index contributed by atoms with van der Waals surface area (Å²) in [6.45, 7) is 2.72. The zero-order valence-corrected chi connectivity index (χ0v) is 10.3. The molecule has 2 heterocycles. The first-order chi connectivity index (χ1) is 8.45. The molecule has 0 aromatic rings. The summed E-state index contributed by atoms with van der Waals surface area (Å²) in [5.41, 5.74) is 0. The Labute approximate surface area is 104 Å². The number of halogens is 3. The van der Waals surface area contributed by atoms with Crippen LogP contribution in [0.15, 0.2) is 12.2 Å². The maximum atomic E-state index is 12.9. The van der Waals surface area contributed by atoms with Gasteiger partial charge in [-0.15, -0.1) is 0 Å². The van der Waals surface area contributed by atoms with E-state index < -0.39 is 18.0 Å². The quantitative estimate of drug-likeness (QED) is 0.738. The lowest BCUT2D eigenvalue weighted by atomic mass is 9.91. The van der Waals surface area contributed by atoms with E-state index in [1.54, 1.807) is 19.1 Å². The minimum absolute atomic E-state index is 0.176. The molecular formula is C12H18F3NO2. The Morgan fingerprint density at radius 3 is 2.44 bits per heavy atom. The predicted octanol–water partition coefficient (Wildman–Crippen LogP) is 2.38. The van der Waals surface area contributed by atoms with Crippen molar-refractivity contribution in [3.05, 3.63) is 12.2 Å². The molecule has 18 heavy (non-hydrogen) atoms. The first-order valence-corrected chi connectivity index (χ1v) is 6.19. The zero-order chi connectivity index (χ0) is 13.2. The van der Waals surface area contributed by atoms with Gasteiger partial charge in [0.05, 0.1) is 13.2 Å². The van der Waals surface area contributed by atoms with Gasteiger partial charge in [0.25, 0.3) is 0 Å². The molecule has 0 aliphatic carbocycles. The summed E-state index contributed by atoms with van der Waals surface area (Å²) in [7, 11) is 0. The molecule has 3 nitrogen and oxygen atoms in total. The van der Waals surface area contributed by atoms with Crippen molar-refractivity contribution in [3.8, 4) is 0 Å². The van der Waals surface area contributed by atoms with E-state index in [-0.39, 0.29) is 12.5 Å². The smallest absolute Gasteiger partial charge is 0.350 e. The van der Waals surface area contributed by atoms with Gasteiger partial charge >= 0.3 is 6.18 Å². The van der Waals surface area contributed by atoms with E-state index in [9.17, 15) is 13.2 Å². The van der Waals surface area contributed by atoms with Gasteiger partial charge in [-0.1, -0.05) is 12.2 Å². The Morgan fingerprint density at radius 1 is 1.22 bits per heavy atom. The van der Waals surface area contributed by atoms with Crippen molar-refractivity contribution in [1.82, 2.24) is 5.32 Å². The molecule has 2 atom stereocenters. The van der Waals surface area contributed by atoms with Crippen LogP contribution in [0.2, 0.25) is 0 Å². The topological polar surface area (TPSA) is 30.5 Å². The van der Waals surface area contributed by atoms with Crippen molar-refractivity contribution in [2.45, 2.75) is 50.2 Å². The highest BCUT2D eigenvalue weighted by Gasteiger charge is 2.51. The normalized spacial score (nSPS) is 33.1. The number of allylic oxidation sites excluding steroid dienone is 1. The lowest BCUT2D eigenvalue weighted by Gasteiger charge is -2.46. The van der Waals surface area contributed by atoms with Gasteiger partial charge in [0.1, 0.15) is 6.04 Å². The van der Waals surface area contributed by atoms with Crippen molar-refractivity contribution >= 4 is 0 Å². The first-order valence-electron chi connectivity index (χ1n) is 6.19. The number of ether oxygens (including phenoxy) is 2. The minimum Gasteiger partial charge on any atom is -0.350 e. The van der Waals surface area contributed by atoms with E-state index >= 15 is 0 Å². The summed E-state index contributed by atoms with van der Waals surface area (Å²) < 4.78 is 49.7. The van der Waals surface area contributed by atoms with Crippen LogP contribution in [0.3, 0.4) is 0 Å². The fraction of sp³-hybridized carbons (Fsp3) is 0.833. The molecule has 2 saturated heterocycles. The van der Waals surface area contributed by atoms with E-state index in [0.29, 0.717) is 19.6 Å². The van der Waals surface area contributed by atoms with E-state index in [0.717, 1.165) is 6.42 Å². The van der Waals surface area contributed by atoms with Gasteiger partial charge in [-0.2, -0.15) is 13.2 Å². The molecule has 0 bridgehead atoms. The third-order valence-corrected chi connectivity index (χ3v) is 3.30. The van der Waals surface area contributed by atoms with Gasteiger partial charge in [-0.3, -0.25) is 5.32 Å². The molecule has 0 aromatic heterocycles. The van der Waals surface area contributed by atoms with Gasteiger partial charge in [0.2, 0.25) is 0 Å². The summed E-state index contributed by atoms with van der Waals surface area (Å²) >= 11 is 0. The highest BCUT2D eigenvalue weighted by molar-refractivity contribution is 5.03. The third-order valence-electron chi connectivity index (χ3n) is 3.30. The molecule has 104 valence electrons. The number of alkyl halides is 3. The standard InChI is InChI=1S/C12H18F3NO2/c1-2-4-9-7-11(17-5-3-6-18-11)8-10(16-9)12(13,14)15/h2,4,9-10,16H,3,5-8H2,1H3/b4-2+/t9-,10-/m1/s1. The summed E-state index contributed by atoms with van der Waals surface area (Å²) in [5, 5.41) is 2.59. The van der Waals surface area contributed by atoms with Crippen LogP contribution in [0.25, 0.3) is 0 Å². The lowest BCUT2D eigenvalue weighted by Crippen LogP contribution is -2.60. The Kier molecular flexibility index (Phi) is 3.99. The first kappa shape index (κ1) is 13.8. The Morgan fingerprint density at radius 2 is 1.89 bits per heavy atom. The fourth-order valence-corrected chi connectivity index (χ4v) is 2.52. The van der Waals surface area contributed by atoms with Crippen LogP contribution in [-0.2, 0) is 9.47 Å². The number of piperidine rings is 1. The fourth-order valence-electron chi connectivity index (χ4n) is 2.52. The number of nitrogens with one attached hydrogen (secondary N) is 1. The molecule has 1 spiro atoms. The van der Waals surface area contributed by atoms with E-state index in [1.807, 2.05) is 0 Å². The number of rotatable bonds is 1. The van der Waals surface area contributed by atoms with Crippen LogP contribution >= 0.6 is 0 Å². The van der Waals surface area contributed by atoms with Crippen LogP contribution in [0.4, 0.5) is 13.2 Å². The maximum absolute atomic E-state index is 12.9. The van der Waals surface area contributed by atoms with Crippen LogP contribution in [0, 0.1) is 0 Å². The van der Waals surface area contributed by atoms with Gasteiger partial charge in [-0.05, 0) is 13.3 Å². The maximum Gasteiger partial charge on any atom is 0.404 e. The predicted molar refractivity (Wildman–Crippen MR) is 60.1 cm³/mol. The Balaban J connectivity index is 2.15. The average Bonchev–Trinajstić information content (AvgIpc) is 2.28. The van der Waals surface area contributed by atoms with E-state index in [4.69, 9.17) is 9.47 Å². The SMILES string of the molecule is C/C=C/[C@@H]1CC2(C[C@H](C(F)(F)F)N1)OCCCO2. The second kappa shape index (κ2) is 5.19. The van der Waals surface area contributed by atoms with Crippen LogP contribution in [-0.4, -0.2) is 37.3 Å². The average molecular weight is 265 g/mol. The van der Waals surface area contributed by atoms with E-state index in [2.05, 4.69) is 5.32 Å². The van der Waals surface area contributed by atoms with E-state index in [1.165, 1.54) is 0 Å². The van der Waals surface area contributed by atoms with Crippen LogP contribution in [0.5, 0.6) is 0 Å². The van der Waals surface area contributed by atoms with Crippen molar-refractivity contribution < 1.29 is 22.6 Å². The van der Waals surface area contributed by atoms with Crippen molar-refractivity contribution in [2.24, 2.45) is 0 Å². The molecular weight excluding hydrogens is 247 g/mol. The third kappa shape index (κ3) is 3.05. The van der Waals surface area contributed by atoms with Gasteiger partial charge in [0.15, 0.2) is 5.79 Å². The molecule has 0 saturated carbocycles. The van der Waals surface area contributed by atoms with Crippen LogP contribution < -0.4 is 5.32 Å². The van der Waals surface area contributed by atoms with Crippen molar-refractivity contribution in [2.75, 3.05) is 13.2 Å². The molecule has 0 unspecified atom stereocenters. The molecule has 2 rings (SSSR count). The highest BCUT2D eigenvalue weighted by Crippen LogP contribution is 2.38.